The van der Waals surface area contributed by atoms with Gasteiger partial charge in [-0.15, -0.1) is 6.58 Å². The number of nitrogens with one attached hydrogen (secondary N) is 2. The molecule has 0 aliphatic carbocycles. The van der Waals surface area contributed by atoms with Gasteiger partial charge in [0.05, 0.1) is 0 Å². The number of rotatable bonds is 6. The minimum Gasteiger partial charge on any atom is -0.344 e. The molecular formula is C16H21N3O3. The summed E-state index contributed by atoms with van der Waals surface area (Å²) in [6.07, 6.45) is 1.48. The number of hydrogen-bond donors (Lipinski definition) is 2. The Balaban J connectivity index is 2.80. The molecule has 6 heteroatoms. The van der Waals surface area contributed by atoms with Crippen LogP contribution in [0.3, 0.4) is 0 Å². The number of amides is 3. The summed E-state index contributed by atoms with van der Waals surface area (Å²) in [5.41, 5.74) is 0.866. The van der Waals surface area contributed by atoms with Crippen molar-refractivity contribution in [2.24, 2.45) is 0 Å². The molecule has 0 spiro atoms. The van der Waals surface area contributed by atoms with Crippen molar-refractivity contribution in [3.05, 3.63) is 42.5 Å². The fraction of sp³-hybridized carbons (Fsp3) is 0.312. The number of anilines is 1. The highest BCUT2D eigenvalue weighted by atomic mass is 16.2. The molecule has 1 aromatic rings. The van der Waals surface area contributed by atoms with Crippen LogP contribution in [-0.4, -0.2) is 42.3 Å². The van der Waals surface area contributed by atoms with Crippen LogP contribution in [0, 0.1) is 0 Å². The van der Waals surface area contributed by atoms with Gasteiger partial charge in [-0.2, -0.15) is 0 Å². The Bertz CT molecular complexity index is 566. The summed E-state index contributed by atoms with van der Waals surface area (Å²) in [7, 11) is 0. The van der Waals surface area contributed by atoms with Crippen molar-refractivity contribution in [1.29, 1.82) is 0 Å². The van der Waals surface area contributed by atoms with Crippen molar-refractivity contribution < 1.29 is 14.4 Å². The average Bonchev–Trinajstić information content (AvgIpc) is 2.53. The Morgan fingerprint density at radius 3 is 2.45 bits per heavy atom. The average molecular weight is 303 g/mol. The molecule has 0 radical (unpaired) electrons. The molecule has 3 amide bonds. The van der Waals surface area contributed by atoms with Crippen LogP contribution in [0.15, 0.2) is 36.9 Å². The van der Waals surface area contributed by atoms with Gasteiger partial charge in [0.25, 0.3) is 5.91 Å². The van der Waals surface area contributed by atoms with Gasteiger partial charge in [-0.25, -0.2) is 0 Å². The van der Waals surface area contributed by atoms with Crippen molar-refractivity contribution in [3.8, 4) is 0 Å². The molecule has 0 aromatic heterocycles. The van der Waals surface area contributed by atoms with Crippen LogP contribution in [0.5, 0.6) is 0 Å². The first kappa shape index (κ1) is 17.4. The van der Waals surface area contributed by atoms with Crippen LogP contribution in [-0.2, 0) is 9.59 Å². The first-order valence-electron chi connectivity index (χ1n) is 7.12. The third-order valence-electron chi connectivity index (χ3n) is 3.03. The Morgan fingerprint density at radius 2 is 1.86 bits per heavy atom. The van der Waals surface area contributed by atoms with Crippen LogP contribution >= 0.6 is 0 Å². The number of carbonyl (C=O) groups excluding carboxylic acids is 3. The second kappa shape index (κ2) is 8.61. The van der Waals surface area contributed by atoms with Gasteiger partial charge in [-0.05, 0) is 32.0 Å². The first-order chi connectivity index (χ1) is 10.5. The van der Waals surface area contributed by atoms with E-state index in [1.807, 2.05) is 13.8 Å². The highest BCUT2D eigenvalue weighted by Crippen LogP contribution is 2.12. The molecule has 1 rings (SSSR count). The summed E-state index contributed by atoms with van der Waals surface area (Å²) in [4.78, 5) is 37.1. The summed E-state index contributed by atoms with van der Waals surface area (Å²) in [6, 6.07) is 6.51. The quantitative estimate of drug-likeness (QED) is 0.616. The third kappa shape index (κ3) is 4.73. The summed E-state index contributed by atoms with van der Waals surface area (Å²) < 4.78 is 0. The molecule has 118 valence electrons. The molecular weight excluding hydrogens is 282 g/mol. The summed E-state index contributed by atoms with van der Waals surface area (Å²) in [6.45, 7) is 8.68. The van der Waals surface area contributed by atoms with E-state index in [0.29, 0.717) is 24.3 Å². The van der Waals surface area contributed by atoms with E-state index in [4.69, 9.17) is 0 Å². The van der Waals surface area contributed by atoms with Crippen molar-refractivity contribution >= 4 is 23.4 Å². The summed E-state index contributed by atoms with van der Waals surface area (Å²) in [5, 5.41) is 4.85. The van der Waals surface area contributed by atoms with Gasteiger partial charge >= 0.3 is 11.8 Å². The highest BCUT2D eigenvalue weighted by Gasteiger charge is 2.15. The lowest BCUT2D eigenvalue weighted by atomic mass is 10.1. The third-order valence-corrected chi connectivity index (χ3v) is 3.03. The molecule has 0 bridgehead atoms. The maximum atomic E-state index is 12.2. The zero-order chi connectivity index (χ0) is 16.5. The summed E-state index contributed by atoms with van der Waals surface area (Å²) in [5.74, 6) is -1.65. The van der Waals surface area contributed by atoms with Crippen LogP contribution in [0.4, 0.5) is 5.69 Å². The molecule has 0 saturated heterocycles. The molecule has 0 heterocycles. The van der Waals surface area contributed by atoms with E-state index in [1.165, 1.54) is 6.08 Å². The van der Waals surface area contributed by atoms with E-state index in [9.17, 15) is 14.4 Å². The van der Waals surface area contributed by atoms with Crippen LogP contribution in [0.25, 0.3) is 0 Å². The predicted octanol–water partition coefficient (Wildman–Crippen LogP) is 1.41. The second-order valence-electron chi connectivity index (χ2n) is 4.51. The Kier molecular flexibility index (Phi) is 6.82. The number of carbonyl (C=O) groups is 3. The van der Waals surface area contributed by atoms with E-state index >= 15 is 0 Å². The van der Waals surface area contributed by atoms with E-state index in [0.717, 1.165) is 0 Å². The second-order valence-corrected chi connectivity index (χ2v) is 4.51. The largest absolute Gasteiger partial charge is 0.344 e. The van der Waals surface area contributed by atoms with Crippen LogP contribution in [0.1, 0.15) is 24.2 Å². The molecule has 22 heavy (non-hydrogen) atoms. The molecule has 0 fully saturated rings. The monoisotopic (exact) mass is 303 g/mol. The van der Waals surface area contributed by atoms with E-state index in [-0.39, 0.29) is 12.5 Å². The van der Waals surface area contributed by atoms with Gasteiger partial charge in [0.1, 0.15) is 0 Å². The molecule has 6 nitrogen and oxygen atoms in total. The van der Waals surface area contributed by atoms with E-state index in [1.54, 1.807) is 29.2 Å². The zero-order valence-electron chi connectivity index (χ0n) is 12.9. The van der Waals surface area contributed by atoms with Gasteiger partial charge in [0.15, 0.2) is 0 Å². The first-order valence-corrected chi connectivity index (χ1v) is 7.12. The SMILES string of the molecule is C=CCNC(=O)C(=O)Nc1cccc(C(=O)N(CC)CC)c1. The van der Waals surface area contributed by atoms with Crippen molar-refractivity contribution in [2.75, 3.05) is 25.0 Å². The highest BCUT2D eigenvalue weighted by molar-refractivity contribution is 6.39. The molecule has 2 N–H and O–H groups in total. The Hall–Kier alpha value is -2.63. The standard InChI is InChI=1S/C16H21N3O3/c1-4-10-17-14(20)15(21)18-13-9-7-8-12(11-13)16(22)19(5-2)6-3/h4,7-9,11H,1,5-6,10H2,2-3H3,(H,17,20)(H,18,21). The van der Waals surface area contributed by atoms with Crippen molar-refractivity contribution in [2.45, 2.75) is 13.8 Å². The molecule has 0 aliphatic heterocycles. The lowest BCUT2D eigenvalue weighted by Crippen LogP contribution is -2.35. The van der Waals surface area contributed by atoms with E-state index in [2.05, 4.69) is 17.2 Å². The normalized spacial score (nSPS) is 9.73. The topological polar surface area (TPSA) is 78.5 Å². The maximum Gasteiger partial charge on any atom is 0.313 e. The van der Waals surface area contributed by atoms with Crippen molar-refractivity contribution in [1.82, 2.24) is 10.2 Å². The van der Waals surface area contributed by atoms with Gasteiger partial charge in [-0.1, -0.05) is 12.1 Å². The number of nitrogens with zero attached hydrogens (tertiary/aromatic N) is 1. The van der Waals surface area contributed by atoms with Gasteiger partial charge in [-0.3, -0.25) is 14.4 Å². The predicted molar refractivity (Wildman–Crippen MR) is 85.5 cm³/mol. The van der Waals surface area contributed by atoms with Gasteiger partial charge in [0, 0.05) is 30.9 Å². The zero-order valence-corrected chi connectivity index (χ0v) is 12.9. The Labute approximate surface area is 130 Å². The number of hydrogen-bond acceptors (Lipinski definition) is 3. The Morgan fingerprint density at radius 1 is 1.18 bits per heavy atom. The fourth-order valence-electron chi connectivity index (χ4n) is 1.86. The van der Waals surface area contributed by atoms with Crippen LogP contribution in [0.2, 0.25) is 0 Å². The van der Waals surface area contributed by atoms with Gasteiger partial charge in [0.2, 0.25) is 0 Å². The summed E-state index contributed by atoms with van der Waals surface area (Å²) >= 11 is 0. The molecule has 0 unspecified atom stereocenters. The van der Waals surface area contributed by atoms with Crippen molar-refractivity contribution in [3.63, 3.8) is 0 Å². The van der Waals surface area contributed by atoms with Crippen LogP contribution < -0.4 is 10.6 Å². The molecule has 0 atom stereocenters. The number of benzene rings is 1. The lowest BCUT2D eigenvalue weighted by Gasteiger charge is -2.18. The van der Waals surface area contributed by atoms with Gasteiger partial charge < -0.3 is 15.5 Å². The maximum absolute atomic E-state index is 12.2. The minimum atomic E-state index is -0.783. The lowest BCUT2D eigenvalue weighted by molar-refractivity contribution is -0.136. The van der Waals surface area contributed by atoms with E-state index < -0.39 is 11.8 Å². The minimum absolute atomic E-state index is 0.114. The fourth-order valence-corrected chi connectivity index (χ4v) is 1.86. The molecule has 0 saturated carbocycles. The molecule has 1 aromatic carbocycles. The smallest absolute Gasteiger partial charge is 0.313 e. The molecule has 0 aliphatic rings.